The van der Waals surface area contributed by atoms with E-state index >= 15 is 0 Å². The van der Waals surface area contributed by atoms with Crippen molar-refractivity contribution in [3.63, 3.8) is 0 Å². The highest BCUT2D eigenvalue weighted by atomic mass is 35.5. The number of benzene rings is 3. The molecule has 0 saturated heterocycles. The maximum atomic E-state index is 13.9. The number of rotatable bonds is 12. The second-order valence-electron chi connectivity index (χ2n) is 10.5. The average molecular weight is 608 g/mol. The molecule has 0 saturated carbocycles. The molecule has 0 fully saturated rings. The molecule has 0 radical (unpaired) electrons. The van der Waals surface area contributed by atoms with E-state index in [1.54, 1.807) is 30.2 Å². The van der Waals surface area contributed by atoms with Crippen LogP contribution in [-0.4, -0.2) is 46.5 Å². The SMILES string of the molecule is COc1cccc(Cn2cccc2CN(Cc2ccccc2)C(=O)CN(CC(C)C)C(=O)Nc2c(Cl)cccc2Cl)c1. The summed E-state index contributed by atoms with van der Waals surface area (Å²) in [5.41, 5.74) is 3.39. The molecule has 0 unspecified atom stereocenters. The zero-order valence-electron chi connectivity index (χ0n) is 24.1. The molecule has 3 aromatic carbocycles. The quantitative estimate of drug-likeness (QED) is 0.181. The van der Waals surface area contributed by atoms with E-state index in [0.717, 1.165) is 22.6 Å². The van der Waals surface area contributed by atoms with Crippen LogP contribution in [0.3, 0.4) is 0 Å². The van der Waals surface area contributed by atoms with Crippen LogP contribution in [0.1, 0.15) is 30.7 Å². The Hall–Kier alpha value is -3.94. The molecule has 4 aromatic rings. The molecule has 0 aliphatic heterocycles. The fraction of sp³-hybridized carbons (Fsp3) is 0.273. The Morgan fingerprint density at radius 2 is 1.55 bits per heavy atom. The van der Waals surface area contributed by atoms with Gasteiger partial charge in [-0.05, 0) is 53.4 Å². The number of hydrogen-bond donors (Lipinski definition) is 1. The molecular formula is C33H36Cl2N4O3. The van der Waals surface area contributed by atoms with E-state index < -0.39 is 6.03 Å². The largest absolute Gasteiger partial charge is 0.497 e. The van der Waals surface area contributed by atoms with Crippen LogP contribution in [0.15, 0.2) is 91.1 Å². The molecule has 1 N–H and O–H groups in total. The average Bonchev–Trinajstić information content (AvgIpc) is 3.40. The minimum absolute atomic E-state index is 0.102. The number of urea groups is 1. The number of hydrogen-bond acceptors (Lipinski definition) is 3. The van der Waals surface area contributed by atoms with E-state index in [9.17, 15) is 9.59 Å². The summed E-state index contributed by atoms with van der Waals surface area (Å²) in [6.45, 7) is 5.68. The van der Waals surface area contributed by atoms with Gasteiger partial charge in [-0.3, -0.25) is 4.79 Å². The van der Waals surface area contributed by atoms with Gasteiger partial charge in [-0.1, -0.05) is 85.6 Å². The number of aromatic nitrogens is 1. The Kier molecular flexibility index (Phi) is 10.9. The molecule has 0 spiro atoms. The molecule has 0 bridgehead atoms. The van der Waals surface area contributed by atoms with Crippen molar-refractivity contribution in [2.24, 2.45) is 5.92 Å². The molecule has 42 heavy (non-hydrogen) atoms. The predicted molar refractivity (Wildman–Crippen MR) is 169 cm³/mol. The van der Waals surface area contributed by atoms with Crippen LogP contribution in [0.2, 0.25) is 10.0 Å². The topological polar surface area (TPSA) is 66.8 Å². The molecule has 7 nitrogen and oxygen atoms in total. The summed E-state index contributed by atoms with van der Waals surface area (Å²) in [6.07, 6.45) is 2.01. The number of nitrogens with zero attached hydrogens (tertiary/aromatic N) is 3. The Morgan fingerprint density at radius 1 is 0.857 bits per heavy atom. The third-order valence-corrected chi connectivity index (χ3v) is 7.36. The van der Waals surface area contributed by atoms with Gasteiger partial charge in [0.15, 0.2) is 0 Å². The minimum Gasteiger partial charge on any atom is -0.497 e. The third-order valence-electron chi connectivity index (χ3n) is 6.73. The number of ether oxygens (including phenoxy) is 1. The number of amides is 3. The number of carbonyl (C=O) groups is 2. The van der Waals surface area contributed by atoms with Crippen LogP contribution in [0.25, 0.3) is 0 Å². The standard InChI is InChI=1S/C33H36Cl2N4O3/c1-24(2)19-39(33(41)36-32-29(34)15-8-16-30(32)35)23-31(40)38(20-25-10-5-4-6-11-25)22-27-13-9-17-37(27)21-26-12-7-14-28(18-26)42-3/h4-18,24H,19-23H2,1-3H3,(H,36,41). The van der Waals surface area contributed by atoms with Crippen molar-refractivity contribution in [3.05, 3.63) is 118 Å². The van der Waals surface area contributed by atoms with Crippen molar-refractivity contribution in [1.82, 2.24) is 14.4 Å². The lowest BCUT2D eigenvalue weighted by atomic mass is 10.2. The Labute approximate surface area is 257 Å². The fourth-order valence-electron chi connectivity index (χ4n) is 4.67. The lowest BCUT2D eigenvalue weighted by molar-refractivity contribution is -0.133. The highest BCUT2D eigenvalue weighted by Gasteiger charge is 2.24. The molecule has 0 atom stereocenters. The second-order valence-corrected chi connectivity index (χ2v) is 11.3. The highest BCUT2D eigenvalue weighted by Crippen LogP contribution is 2.30. The lowest BCUT2D eigenvalue weighted by Gasteiger charge is -2.29. The van der Waals surface area contributed by atoms with E-state index in [0.29, 0.717) is 41.9 Å². The van der Waals surface area contributed by atoms with Crippen LogP contribution in [0.5, 0.6) is 5.75 Å². The molecule has 0 aliphatic carbocycles. The van der Waals surface area contributed by atoms with Gasteiger partial charge in [0, 0.05) is 31.5 Å². The van der Waals surface area contributed by atoms with Crippen LogP contribution in [-0.2, 0) is 24.4 Å². The first-order valence-electron chi connectivity index (χ1n) is 13.8. The van der Waals surface area contributed by atoms with Crippen molar-refractivity contribution < 1.29 is 14.3 Å². The zero-order valence-corrected chi connectivity index (χ0v) is 25.6. The lowest BCUT2D eigenvalue weighted by Crippen LogP contribution is -2.45. The van der Waals surface area contributed by atoms with E-state index in [2.05, 4.69) is 9.88 Å². The normalized spacial score (nSPS) is 10.9. The van der Waals surface area contributed by atoms with Gasteiger partial charge in [0.25, 0.3) is 0 Å². The summed E-state index contributed by atoms with van der Waals surface area (Å²) in [5.74, 6) is 0.755. The van der Waals surface area contributed by atoms with Crippen LogP contribution in [0, 0.1) is 5.92 Å². The molecular weight excluding hydrogens is 571 g/mol. The molecule has 220 valence electrons. The smallest absolute Gasteiger partial charge is 0.322 e. The molecule has 4 rings (SSSR count). The number of nitrogens with one attached hydrogen (secondary N) is 1. The van der Waals surface area contributed by atoms with E-state index in [1.807, 2.05) is 86.8 Å². The van der Waals surface area contributed by atoms with E-state index in [4.69, 9.17) is 27.9 Å². The van der Waals surface area contributed by atoms with Gasteiger partial charge >= 0.3 is 6.03 Å². The number of halogens is 2. The van der Waals surface area contributed by atoms with Crippen molar-refractivity contribution >= 4 is 40.8 Å². The third kappa shape index (κ3) is 8.54. The van der Waals surface area contributed by atoms with Crippen molar-refractivity contribution in [1.29, 1.82) is 0 Å². The second kappa shape index (κ2) is 14.8. The first-order valence-corrected chi connectivity index (χ1v) is 14.6. The molecule has 0 aliphatic rings. The Bertz CT molecular complexity index is 1470. The number of methoxy groups -OCH3 is 1. The van der Waals surface area contributed by atoms with E-state index in [1.165, 1.54) is 4.90 Å². The van der Waals surface area contributed by atoms with Crippen LogP contribution in [0.4, 0.5) is 10.5 Å². The molecule has 1 heterocycles. The maximum absolute atomic E-state index is 13.9. The van der Waals surface area contributed by atoms with Gasteiger partial charge in [0.05, 0.1) is 29.4 Å². The Balaban J connectivity index is 1.56. The maximum Gasteiger partial charge on any atom is 0.322 e. The number of carbonyl (C=O) groups excluding carboxylic acids is 2. The number of para-hydroxylation sites is 1. The molecule has 9 heteroatoms. The zero-order chi connectivity index (χ0) is 30.1. The van der Waals surface area contributed by atoms with Gasteiger partial charge in [-0.2, -0.15) is 0 Å². The van der Waals surface area contributed by atoms with Crippen LogP contribution >= 0.6 is 23.2 Å². The van der Waals surface area contributed by atoms with Crippen molar-refractivity contribution in [2.75, 3.05) is 25.5 Å². The fourth-order valence-corrected chi connectivity index (χ4v) is 5.16. The number of anilines is 1. The summed E-state index contributed by atoms with van der Waals surface area (Å²) >= 11 is 12.6. The summed E-state index contributed by atoms with van der Waals surface area (Å²) < 4.78 is 7.51. The van der Waals surface area contributed by atoms with Crippen molar-refractivity contribution in [2.45, 2.75) is 33.5 Å². The molecule has 1 aromatic heterocycles. The monoisotopic (exact) mass is 606 g/mol. The molecule has 3 amide bonds. The van der Waals surface area contributed by atoms with Crippen LogP contribution < -0.4 is 10.1 Å². The minimum atomic E-state index is -0.437. The van der Waals surface area contributed by atoms with Gasteiger partial charge in [0.2, 0.25) is 5.91 Å². The summed E-state index contributed by atoms with van der Waals surface area (Å²) in [7, 11) is 1.65. The van der Waals surface area contributed by atoms with Crippen molar-refractivity contribution in [3.8, 4) is 5.75 Å². The predicted octanol–water partition coefficient (Wildman–Crippen LogP) is 7.57. The van der Waals surface area contributed by atoms with Gasteiger partial charge < -0.3 is 24.4 Å². The van der Waals surface area contributed by atoms with Gasteiger partial charge in [-0.25, -0.2) is 4.79 Å². The summed E-state index contributed by atoms with van der Waals surface area (Å²) in [6, 6.07) is 26.4. The summed E-state index contributed by atoms with van der Waals surface area (Å²) in [4.78, 5) is 30.6. The van der Waals surface area contributed by atoms with Gasteiger partial charge in [-0.15, -0.1) is 0 Å². The van der Waals surface area contributed by atoms with E-state index in [-0.39, 0.29) is 18.4 Å². The highest BCUT2D eigenvalue weighted by molar-refractivity contribution is 6.39. The van der Waals surface area contributed by atoms with Gasteiger partial charge in [0.1, 0.15) is 12.3 Å². The Morgan fingerprint density at radius 3 is 2.24 bits per heavy atom. The first kappa shape index (κ1) is 31.0. The first-order chi connectivity index (χ1) is 20.2. The summed E-state index contributed by atoms with van der Waals surface area (Å²) in [5, 5.41) is 3.46.